The first kappa shape index (κ1) is 24.6. The Labute approximate surface area is 200 Å². The average molecular weight is 488 g/mol. The van der Waals surface area contributed by atoms with Crippen LogP contribution in [0.2, 0.25) is 0 Å². The number of alkyl halides is 2. The zero-order valence-corrected chi connectivity index (χ0v) is 19.1. The minimum Gasteiger partial charge on any atom is -0.320 e. The van der Waals surface area contributed by atoms with Crippen LogP contribution in [-0.4, -0.2) is 46.3 Å². The van der Waals surface area contributed by atoms with Crippen LogP contribution < -0.4 is 5.32 Å². The molecule has 0 bridgehead atoms. The Morgan fingerprint density at radius 3 is 2.69 bits per heavy atom. The molecule has 2 aromatic rings. The molecule has 35 heavy (non-hydrogen) atoms. The second-order valence-electron chi connectivity index (χ2n) is 8.80. The van der Waals surface area contributed by atoms with Crippen molar-refractivity contribution in [3.63, 3.8) is 0 Å². The molecule has 4 rings (SSSR count). The van der Waals surface area contributed by atoms with Gasteiger partial charge in [-0.3, -0.25) is 19.4 Å². The number of carbonyl (C=O) groups is 1. The number of hydrogen-bond donors (Lipinski definition) is 1. The number of aliphatic imine (C=N–C) groups is 1. The summed E-state index contributed by atoms with van der Waals surface area (Å²) in [6, 6.07) is 4.48. The molecule has 1 N–H and O–H groups in total. The van der Waals surface area contributed by atoms with Crippen LogP contribution >= 0.6 is 0 Å². The van der Waals surface area contributed by atoms with Crippen molar-refractivity contribution in [2.45, 2.75) is 38.3 Å². The number of anilines is 1. The molecule has 6 nitrogen and oxygen atoms in total. The Morgan fingerprint density at radius 1 is 1.31 bits per heavy atom. The van der Waals surface area contributed by atoms with Gasteiger partial charge in [0.1, 0.15) is 11.6 Å². The summed E-state index contributed by atoms with van der Waals surface area (Å²) in [6.07, 6.45) is 8.93. The Bertz CT molecular complexity index is 1220. The third-order valence-corrected chi connectivity index (χ3v) is 5.74. The molecular formula is C25H25F4N5O. The van der Waals surface area contributed by atoms with Crippen molar-refractivity contribution >= 4 is 23.9 Å². The van der Waals surface area contributed by atoms with Crippen LogP contribution in [0.1, 0.15) is 36.9 Å². The lowest BCUT2D eigenvalue weighted by Gasteiger charge is -2.38. The number of allylic oxidation sites excluding steroid dienone is 4. The van der Waals surface area contributed by atoms with Crippen LogP contribution in [-0.2, 0) is 11.3 Å². The molecule has 1 aliphatic heterocycles. The monoisotopic (exact) mass is 487 g/mol. The first-order chi connectivity index (χ1) is 16.6. The Hall–Kier alpha value is -3.53. The molecule has 2 heterocycles. The number of carbonyl (C=O) groups excluding carboxylic acids is 1. The second-order valence-corrected chi connectivity index (χ2v) is 8.80. The van der Waals surface area contributed by atoms with E-state index in [1.165, 1.54) is 29.2 Å². The summed E-state index contributed by atoms with van der Waals surface area (Å²) in [6.45, 7) is 4.41. The summed E-state index contributed by atoms with van der Waals surface area (Å²) in [4.78, 5) is 17.4. The topological polar surface area (TPSA) is 62.5 Å². The van der Waals surface area contributed by atoms with Crippen molar-refractivity contribution in [1.82, 2.24) is 14.7 Å². The van der Waals surface area contributed by atoms with Crippen LogP contribution in [0.4, 0.5) is 23.2 Å². The van der Waals surface area contributed by atoms with Crippen molar-refractivity contribution in [2.24, 2.45) is 4.99 Å². The fourth-order valence-electron chi connectivity index (χ4n) is 3.90. The quantitative estimate of drug-likeness (QED) is 0.226. The number of nitrogens with one attached hydrogen (secondary N) is 1. The van der Waals surface area contributed by atoms with Gasteiger partial charge in [-0.05, 0) is 49.8 Å². The summed E-state index contributed by atoms with van der Waals surface area (Å²) in [7, 11) is 0. The number of likely N-dealkylation sites (tertiary alicyclic amines) is 1. The molecule has 1 aliphatic carbocycles. The van der Waals surface area contributed by atoms with Gasteiger partial charge in [0, 0.05) is 30.0 Å². The fraction of sp³-hybridized carbons (Fsp3) is 0.320. The van der Waals surface area contributed by atoms with Gasteiger partial charge in [0.15, 0.2) is 0 Å². The van der Waals surface area contributed by atoms with Crippen LogP contribution in [0.3, 0.4) is 0 Å². The van der Waals surface area contributed by atoms with Gasteiger partial charge in [-0.2, -0.15) is 5.10 Å². The number of halogens is 4. The highest BCUT2D eigenvalue weighted by Crippen LogP contribution is 2.36. The molecule has 184 valence electrons. The zero-order valence-electron chi connectivity index (χ0n) is 19.1. The standard InChI is InChI=1S/C25H25F4N5O/c1-16(24(21(27)11-30-2)18-10-31-34(13-18)19-5-6-19)3-8-23(35)32-22-7-4-17(9-20(22)26)12-33-14-25(28,29)15-33/h3-4,7-11,13,19H,2,5-6,12,14-15H2,1H3,(H,32,35)/b8-3+,21-11+,24-16+. The minimum atomic E-state index is -2.69. The minimum absolute atomic E-state index is 0.0492. The number of benzene rings is 1. The average Bonchev–Trinajstić information content (AvgIpc) is 3.51. The van der Waals surface area contributed by atoms with E-state index in [1.807, 2.05) is 0 Å². The van der Waals surface area contributed by atoms with Gasteiger partial charge in [0.05, 0.1) is 37.2 Å². The molecular weight excluding hydrogens is 462 g/mol. The summed E-state index contributed by atoms with van der Waals surface area (Å²) < 4.78 is 56.9. The van der Waals surface area contributed by atoms with Crippen LogP contribution in [0, 0.1) is 5.82 Å². The zero-order chi connectivity index (χ0) is 25.2. The number of amides is 1. The van der Waals surface area contributed by atoms with E-state index in [-0.39, 0.29) is 30.9 Å². The van der Waals surface area contributed by atoms with Gasteiger partial charge in [-0.1, -0.05) is 12.1 Å². The summed E-state index contributed by atoms with van der Waals surface area (Å²) in [5.74, 6) is -4.61. The first-order valence-corrected chi connectivity index (χ1v) is 11.1. The summed E-state index contributed by atoms with van der Waals surface area (Å²) in [5, 5.41) is 6.72. The molecule has 2 aliphatic rings. The van der Waals surface area contributed by atoms with Crippen LogP contribution in [0.15, 0.2) is 65.3 Å². The largest absolute Gasteiger partial charge is 0.320 e. The van der Waals surface area contributed by atoms with Crippen molar-refractivity contribution in [3.8, 4) is 0 Å². The van der Waals surface area contributed by atoms with E-state index in [9.17, 15) is 22.4 Å². The predicted molar refractivity (Wildman–Crippen MR) is 126 cm³/mol. The van der Waals surface area contributed by atoms with Crippen LogP contribution in [0.25, 0.3) is 5.57 Å². The Balaban J connectivity index is 1.44. The SMILES string of the molecule is C=N\C=C(F)/C(=C(C)/C=C/C(=O)Nc1ccc(CN2CC(F)(F)C2)cc1F)c1cnn(C2CC2)c1. The van der Waals surface area contributed by atoms with Gasteiger partial charge < -0.3 is 5.32 Å². The third-order valence-electron chi connectivity index (χ3n) is 5.74. The summed E-state index contributed by atoms with van der Waals surface area (Å²) >= 11 is 0. The predicted octanol–water partition coefficient (Wildman–Crippen LogP) is 5.29. The maximum atomic E-state index is 14.8. The Morgan fingerprint density at radius 2 is 2.06 bits per heavy atom. The third kappa shape index (κ3) is 6.13. The van der Waals surface area contributed by atoms with E-state index in [4.69, 9.17) is 0 Å². The first-order valence-electron chi connectivity index (χ1n) is 11.1. The number of aromatic nitrogens is 2. The van der Waals surface area contributed by atoms with E-state index in [1.54, 1.807) is 30.1 Å². The van der Waals surface area contributed by atoms with E-state index in [2.05, 4.69) is 22.1 Å². The van der Waals surface area contributed by atoms with Crippen molar-refractivity contribution < 1.29 is 22.4 Å². The molecule has 0 radical (unpaired) electrons. The smallest absolute Gasteiger partial charge is 0.272 e. The van der Waals surface area contributed by atoms with Crippen LogP contribution in [0.5, 0.6) is 0 Å². The fourth-order valence-corrected chi connectivity index (χ4v) is 3.90. The maximum absolute atomic E-state index is 14.8. The van der Waals surface area contributed by atoms with Crippen molar-refractivity contribution in [1.29, 1.82) is 0 Å². The highest BCUT2D eigenvalue weighted by Gasteiger charge is 2.43. The summed E-state index contributed by atoms with van der Waals surface area (Å²) in [5.41, 5.74) is 1.68. The lowest BCUT2D eigenvalue weighted by molar-refractivity contribution is -0.133. The van der Waals surface area contributed by atoms with Gasteiger partial charge in [0.25, 0.3) is 5.92 Å². The number of hydrogen-bond acceptors (Lipinski definition) is 4. The van der Waals surface area contributed by atoms with Gasteiger partial charge in [-0.25, -0.2) is 17.6 Å². The molecule has 1 aromatic carbocycles. The second kappa shape index (κ2) is 9.99. The maximum Gasteiger partial charge on any atom is 0.272 e. The molecule has 0 spiro atoms. The molecule has 1 saturated heterocycles. The number of rotatable bonds is 9. The molecule has 0 atom stereocenters. The molecule has 1 saturated carbocycles. The van der Waals surface area contributed by atoms with E-state index >= 15 is 0 Å². The van der Waals surface area contributed by atoms with Crippen molar-refractivity contribution in [3.05, 3.63) is 77.3 Å². The molecule has 1 aromatic heterocycles. The molecule has 1 amide bonds. The molecule has 10 heteroatoms. The highest BCUT2D eigenvalue weighted by molar-refractivity contribution is 6.00. The van der Waals surface area contributed by atoms with E-state index in [0.29, 0.717) is 22.7 Å². The van der Waals surface area contributed by atoms with E-state index in [0.717, 1.165) is 19.0 Å². The highest BCUT2D eigenvalue weighted by atomic mass is 19.3. The van der Waals surface area contributed by atoms with Gasteiger partial charge in [-0.15, -0.1) is 0 Å². The molecule has 0 unspecified atom stereocenters. The van der Waals surface area contributed by atoms with Crippen molar-refractivity contribution in [2.75, 3.05) is 18.4 Å². The van der Waals surface area contributed by atoms with E-state index < -0.39 is 23.5 Å². The number of nitrogens with zero attached hydrogens (tertiary/aromatic N) is 4. The normalized spacial score (nSPS) is 18.8. The Kier molecular flexibility index (Phi) is 7.02. The lowest BCUT2D eigenvalue weighted by Crippen LogP contribution is -2.55. The molecule has 2 fully saturated rings. The lowest BCUT2D eigenvalue weighted by atomic mass is 10.0. The van der Waals surface area contributed by atoms with Gasteiger partial charge >= 0.3 is 0 Å². The van der Waals surface area contributed by atoms with Gasteiger partial charge in [0.2, 0.25) is 5.91 Å².